The number of nitrogens with one attached hydrogen (secondary N) is 1. The van der Waals surface area contributed by atoms with E-state index < -0.39 is 12.6 Å². The van der Waals surface area contributed by atoms with Crippen LogP contribution in [-0.2, 0) is 0 Å². The fraction of sp³-hybridized carbons (Fsp3) is 1.00. The van der Waals surface area contributed by atoms with Gasteiger partial charge in [0, 0.05) is 12.5 Å². The molecule has 0 heterocycles. The molecule has 0 aliphatic carbocycles. The van der Waals surface area contributed by atoms with Crippen LogP contribution in [0, 0.1) is 11.3 Å². The van der Waals surface area contributed by atoms with Crippen LogP contribution in [0.2, 0.25) is 0 Å². The van der Waals surface area contributed by atoms with Gasteiger partial charge in [-0.25, -0.2) is 0 Å². The normalized spacial score (nSPS) is 16.9. The molecule has 1 N–H and O–H groups in total. The third-order valence-electron chi connectivity index (χ3n) is 3.35. The Labute approximate surface area is 103 Å². The molecule has 0 bridgehead atoms. The molecule has 0 aromatic carbocycles. The number of rotatable bonds is 6. The van der Waals surface area contributed by atoms with Gasteiger partial charge in [-0.05, 0) is 37.6 Å². The summed E-state index contributed by atoms with van der Waals surface area (Å²) in [6.45, 7) is 11.5. The lowest BCUT2D eigenvalue weighted by atomic mass is 9.82. The van der Waals surface area contributed by atoms with E-state index in [2.05, 4.69) is 33.0 Å². The van der Waals surface area contributed by atoms with Gasteiger partial charge in [0.15, 0.2) is 0 Å². The van der Waals surface area contributed by atoms with Crippen molar-refractivity contribution >= 4 is 0 Å². The molecule has 17 heavy (non-hydrogen) atoms. The first-order chi connectivity index (χ1) is 7.52. The summed E-state index contributed by atoms with van der Waals surface area (Å²) in [5.74, 6) is 0.507. The monoisotopic (exact) mass is 253 g/mol. The predicted octanol–water partition coefficient (Wildman–Crippen LogP) is 4.38. The number of hydrogen-bond donors (Lipinski definition) is 1. The maximum Gasteiger partial charge on any atom is 0.389 e. The van der Waals surface area contributed by atoms with E-state index in [-0.39, 0.29) is 17.9 Å². The molecule has 0 spiro atoms. The Morgan fingerprint density at radius 3 is 2.00 bits per heavy atom. The smallest absolute Gasteiger partial charge is 0.314 e. The highest BCUT2D eigenvalue weighted by molar-refractivity contribution is 4.73. The zero-order chi connectivity index (χ0) is 13.7. The number of halogens is 3. The Balaban J connectivity index is 3.70. The first-order valence-corrected chi connectivity index (χ1v) is 6.32. The van der Waals surface area contributed by atoms with Crippen molar-refractivity contribution in [2.24, 2.45) is 11.3 Å². The molecule has 4 heteroatoms. The second-order valence-corrected chi connectivity index (χ2v) is 6.08. The molecule has 0 aliphatic rings. The summed E-state index contributed by atoms with van der Waals surface area (Å²) >= 11 is 0. The van der Waals surface area contributed by atoms with Crippen molar-refractivity contribution in [1.29, 1.82) is 0 Å². The standard InChI is InChI=1S/C13H26F3N/c1-10(12(3,4)5)9-17-11(2)7-6-8-13(14,15)16/h10-11,17H,6-9H2,1-5H3. The van der Waals surface area contributed by atoms with Crippen LogP contribution in [0.15, 0.2) is 0 Å². The average molecular weight is 253 g/mol. The highest BCUT2D eigenvalue weighted by Crippen LogP contribution is 2.25. The van der Waals surface area contributed by atoms with Gasteiger partial charge in [0.1, 0.15) is 0 Å². The summed E-state index contributed by atoms with van der Waals surface area (Å²) < 4.78 is 35.9. The van der Waals surface area contributed by atoms with E-state index in [1.165, 1.54) is 0 Å². The lowest BCUT2D eigenvalue weighted by molar-refractivity contribution is -0.135. The van der Waals surface area contributed by atoms with Gasteiger partial charge in [0.05, 0.1) is 0 Å². The lowest BCUT2D eigenvalue weighted by Crippen LogP contribution is -2.35. The van der Waals surface area contributed by atoms with E-state index in [1.807, 2.05) is 6.92 Å². The summed E-state index contributed by atoms with van der Waals surface area (Å²) in [6.07, 6.45) is -3.90. The van der Waals surface area contributed by atoms with Crippen LogP contribution in [0.4, 0.5) is 13.2 Å². The molecular weight excluding hydrogens is 227 g/mol. The van der Waals surface area contributed by atoms with Crippen LogP contribution in [0.25, 0.3) is 0 Å². The highest BCUT2D eigenvalue weighted by atomic mass is 19.4. The highest BCUT2D eigenvalue weighted by Gasteiger charge is 2.26. The zero-order valence-corrected chi connectivity index (χ0v) is 11.6. The average Bonchev–Trinajstić information content (AvgIpc) is 2.10. The molecule has 0 aromatic rings. The topological polar surface area (TPSA) is 12.0 Å². The van der Waals surface area contributed by atoms with Crippen molar-refractivity contribution in [2.45, 2.75) is 66.1 Å². The molecule has 2 unspecified atom stereocenters. The van der Waals surface area contributed by atoms with Gasteiger partial charge in [-0.2, -0.15) is 13.2 Å². The second-order valence-electron chi connectivity index (χ2n) is 6.08. The second kappa shape index (κ2) is 6.62. The van der Waals surface area contributed by atoms with Crippen LogP contribution in [0.5, 0.6) is 0 Å². The van der Waals surface area contributed by atoms with Gasteiger partial charge in [0.25, 0.3) is 0 Å². The van der Waals surface area contributed by atoms with Crippen LogP contribution in [0.1, 0.15) is 53.9 Å². The molecule has 104 valence electrons. The fourth-order valence-corrected chi connectivity index (χ4v) is 1.39. The van der Waals surface area contributed by atoms with E-state index in [0.29, 0.717) is 12.3 Å². The molecule has 0 aliphatic heterocycles. The number of hydrogen-bond acceptors (Lipinski definition) is 1. The molecule has 0 aromatic heterocycles. The molecule has 0 rings (SSSR count). The van der Waals surface area contributed by atoms with Crippen LogP contribution >= 0.6 is 0 Å². The molecule has 1 nitrogen and oxygen atoms in total. The zero-order valence-electron chi connectivity index (χ0n) is 11.6. The third kappa shape index (κ3) is 9.45. The van der Waals surface area contributed by atoms with E-state index in [4.69, 9.17) is 0 Å². The summed E-state index contributed by atoms with van der Waals surface area (Å²) in [7, 11) is 0. The maximum absolute atomic E-state index is 12.0. The minimum atomic E-state index is -4.02. The summed E-state index contributed by atoms with van der Waals surface area (Å²) in [5, 5.41) is 3.31. The maximum atomic E-state index is 12.0. The van der Waals surface area contributed by atoms with Crippen LogP contribution in [-0.4, -0.2) is 18.8 Å². The quantitative estimate of drug-likeness (QED) is 0.740. The molecule has 0 fully saturated rings. The summed E-state index contributed by atoms with van der Waals surface area (Å²) in [5.41, 5.74) is 0.235. The van der Waals surface area contributed by atoms with Gasteiger partial charge in [-0.3, -0.25) is 0 Å². The van der Waals surface area contributed by atoms with Crippen molar-refractivity contribution in [3.63, 3.8) is 0 Å². The SMILES string of the molecule is CC(CCCC(F)(F)F)NCC(C)C(C)(C)C. The predicted molar refractivity (Wildman–Crippen MR) is 66.0 cm³/mol. The first kappa shape index (κ1) is 16.8. The van der Waals surface area contributed by atoms with Gasteiger partial charge >= 0.3 is 6.18 Å². The minimum absolute atomic E-state index is 0.155. The third-order valence-corrected chi connectivity index (χ3v) is 3.35. The van der Waals surface area contributed by atoms with Crippen molar-refractivity contribution in [2.75, 3.05) is 6.54 Å². The Bertz CT molecular complexity index is 206. The Morgan fingerprint density at radius 1 is 1.06 bits per heavy atom. The van der Waals surface area contributed by atoms with E-state index in [0.717, 1.165) is 6.54 Å². The molecule has 0 saturated heterocycles. The molecule has 2 atom stereocenters. The Morgan fingerprint density at radius 2 is 1.59 bits per heavy atom. The van der Waals surface area contributed by atoms with Crippen molar-refractivity contribution in [3.05, 3.63) is 0 Å². The molecular formula is C13H26F3N. The fourth-order valence-electron chi connectivity index (χ4n) is 1.39. The lowest BCUT2D eigenvalue weighted by Gasteiger charge is -2.28. The molecule has 0 saturated carbocycles. The van der Waals surface area contributed by atoms with Crippen molar-refractivity contribution < 1.29 is 13.2 Å². The van der Waals surface area contributed by atoms with Gasteiger partial charge < -0.3 is 5.32 Å². The summed E-state index contributed by atoms with van der Waals surface area (Å²) in [6, 6.07) is 0.155. The number of alkyl halides is 3. The molecule has 0 amide bonds. The Hall–Kier alpha value is -0.250. The van der Waals surface area contributed by atoms with Crippen molar-refractivity contribution in [3.8, 4) is 0 Å². The first-order valence-electron chi connectivity index (χ1n) is 6.32. The Kier molecular flexibility index (Phi) is 6.52. The van der Waals surface area contributed by atoms with Crippen LogP contribution < -0.4 is 5.32 Å². The van der Waals surface area contributed by atoms with Gasteiger partial charge in [-0.15, -0.1) is 0 Å². The van der Waals surface area contributed by atoms with E-state index in [1.54, 1.807) is 0 Å². The molecule has 0 radical (unpaired) electrons. The minimum Gasteiger partial charge on any atom is -0.314 e. The summed E-state index contributed by atoms with van der Waals surface area (Å²) in [4.78, 5) is 0. The van der Waals surface area contributed by atoms with E-state index in [9.17, 15) is 13.2 Å². The van der Waals surface area contributed by atoms with Crippen LogP contribution in [0.3, 0.4) is 0 Å². The largest absolute Gasteiger partial charge is 0.389 e. The van der Waals surface area contributed by atoms with Crippen molar-refractivity contribution in [1.82, 2.24) is 5.32 Å². The van der Waals surface area contributed by atoms with E-state index >= 15 is 0 Å². The van der Waals surface area contributed by atoms with Gasteiger partial charge in [-0.1, -0.05) is 27.7 Å². The van der Waals surface area contributed by atoms with Gasteiger partial charge in [0.2, 0.25) is 0 Å².